The van der Waals surface area contributed by atoms with Gasteiger partial charge >= 0.3 is 5.97 Å². The van der Waals surface area contributed by atoms with Crippen LogP contribution in [0.15, 0.2) is 0 Å². The molecule has 0 aromatic heterocycles. The number of likely N-dealkylation sites (N-methyl/N-ethyl adjacent to an activating group) is 1. The Kier molecular flexibility index (Phi) is 7.28. The van der Waals surface area contributed by atoms with E-state index < -0.39 is 0 Å². The smallest absolute Gasteiger partial charge is 0.323 e. The zero-order valence-corrected chi connectivity index (χ0v) is 12.1. The van der Waals surface area contributed by atoms with E-state index in [1.54, 1.807) is 0 Å². The second-order valence-electron chi connectivity index (χ2n) is 4.95. The summed E-state index contributed by atoms with van der Waals surface area (Å²) in [6.45, 7) is 6.56. The fourth-order valence-corrected chi connectivity index (χ4v) is 2.79. The average Bonchev–Trinajstić information content (AvgIpc) is 2.88. The summed E-state index contributed by atoms with van der Waals surface area (Å²) in [5.74, 6) is -0.123. The van der Waals surface area contributed by atoms with Crippen LogP contribution in [0.3, 0.4) is 0 Å². The van der Waals surface area contributed by atoms with Gasteiger partial charge in [0.1, 0.15) is 6.04 Å². The largest absolute Gasteiger partial charge is 0.465 e. The SMILES string of the molecule is CCOC(=O)C(CCN(CC)C1CCCC1)NC. The van der Waals surface area contributed by atoms with Crippen LogP contribution in [0.5, 0.6) is 0 Å². The first-order valence-corrected chi connectivity index (χ1v) is 7.30. The summed E-state index contributed by atoms with van der Waals surface area (Å²) >= 11 is 0. The number of hydrogen-bond donors (Lipinski definition) is 1. The van der Waals surface area contributed by atoms with E-state index in [0.29, 0.717) is 6.61 Å². The van der Waals surface area contributed by atoms with E-state index in [2.05, 4.69) is 17.1 Å². The molecule has 0 radical (unpaired) electrons. The highest BCUT2D eigenvalue weighted by molar-refractivity contribution is 5.75. The van der Waals surface area contributed by atoms with Crippen molar-refractivity contribution in [1.82, 2.24) is 10.2 Å². The maximum atomic E-state index is 11.7. The molecule has 0 saturated heterocycles. The molecule has 18 heavy (non-hydrogen) atoms. The van der Waals surface area contributed by atoms with Crippen LogP contribution in [0.25, 0.3) is 0 Å². The first-order valence-electron chi connectivity index (χ1n) is 7.30. The third kappa shape index (κ3) is 4.58. The van der Waals surface area contributed by atoms with Crippen molar-refractivity contribution in [2.45, 2.75) is 58.0 Å². The van der Waals surface area contributed by atoms with Crippen LogP contribution in [0.4, 0.5) is 0 Å². The molecule has 0 aromatic rings. The first kappa shape index (κ1) is 15.4. The molecule has 1 rings (SSSR count). The number of nitrogens with one attached hydrogen (secondary N) is 1. The maximum Gasteiger partial charge on any atom is 0.323 e. The van der Waals surface area contributed by atoms with Gasteiger partial charge in [0.15, 0.2) is 0 Å². The van der Waals surface area contributed by atoms with Gasteiger partial charge in [-0.25, -0.2) is 0 Å². The lowest BCUT2D eigenvalue weighted by molar-refractivity contribution is -0.145. The molecule has 1 N–H and O–H groups in total. The van der Waals surface area contributed by atoms with Crippen molar-refractivity contribution < 1.29 is 9.53 Å². The topological polar surface area (TPSA) is 41.6 Å². The molecule has 1 atom stereocenters. The van der Waals surface area contributed by atoms with Gasteiger partial charge in [-0.2, -0.15) is 0 Å². The van der Waals surface area contributed by atoms with E-state index >= 15 is 0 Å². The van der Waals surface area contributed by atoms with Crippen LogP contribution in [-0.4, -0.2) is 49.7 Å². The van der Waals surface area contributed by atoms with Crippen molar-refractivity contribution in [3.63, 3.8) is 0 Å². The summed E-state index contributed by atoms with van der Waals surface area (Å²) < 4.78 is 5.07. The molecule has 0 amide bonds. The van der Waals surface area contributed by atoms with Crippen LogP contribution in [0.2, 0.25) is 0 Å². The zero-order valence-electron chi connectivity index (χ0n) is 12.1. The second kappa shape index (κ2) is 8.48. The minimum absolute atomic E-state index is 0.123. The Labute approximate surface area is 111 Å². The summed E-state index contributed by atoms with van der Waals surface area (Å²) in [5, 5.41) is 3.06. The van der Waals surface area contributed by atoms with E-state index in [-0.39, 0.29) is 12.0 Å². The predicted octanol–water partition coefficient (Wildman–Crippen LogP) is 1.79. The number of nitrogens with zero attached hydrogens (tertiary/aromatic N) is 1. The zero-order chi connectivity index (χ0) is 13.4. The maximum absolute atomic E-state index is 11.7. The van der Waals surface area contributed by atoms with Crippen molar-refractivity contribution in [3.05, 3.63) is 0 Å². The standard InChI is InChI=1S/C14H28N2O2/c1-4-16(12-8-6-7-9-12)11-10-13(15-3)14(17)18-5-2/h12-13,15H,4-11H2,1-3H3. The molecule has 0 aromatic carbocycles. The lowest BCUT2D eigenvalue weighted by Gasteiger charge is -2.28. The van der Waals surface area contributed by atoms with Gasteiger partial charge in [-0.05, 0) is 39.8 Å². The Morgan fingerprint density at radius 3 is 2.56 bits per heavy atom. The van der Waals surface area contributed by atoms with Gasteiger partial charge in [0.2, 0.25) is 0 Å². The van der Waals surface area contributed by atoms with Gasteiger partial charge in [-0.1, -0.05) is 19.8 Å². The minimum Gasteiger partial charge on any atom is -0.465 e. The van der Waals surface area contributed by atoms with Crippen molar-refractivity contribution in [2.75, 3.05) is 26.7 Å². The molecular weight excluding hydrogens is 228 g/mol. The summed E-state index contributed by atoms with van der Waals surface area (Å²) in [6, 6.07) is 0.565. The lowest BCUT2D eigenvalue weighted by Crippen LogP contribution is -2.41. The Bertz CT molecular complexity index is 240. The van der Waals surface area contributed by atoms with E-state index in [0.717, 1.165) is 25.6 Å². The molecule has 0 aliphatic heterocycles. The number of hydrogen-bond acceptors (Lipinski definition) is 4. The molecule has 0 bridgehead atoms. The molecule has 106 valence electrons. The molecule has 1 saturated carbocycles. The van der Waals surface area contributed by atoms with Gasteiger partial charge < -0.3 is 15.0 Å². The van der Waals surface area contributed by atoms with Crippen LogP contribution in [0.1, 0.15) is 46.0 Å². The van der Waals surface area contributed by atoms with Crippen molar-refractivity contribution in [3.8, 4) is 0 Å². The molecular formula is C14H28N2O2. The summed E-state index contributed by atoms with van der Waals surface area (Å²) in [7, 11) is 1.83. The third-order valence-electron chi connectivity index (χ3n) is 3.87. The van der Waals surface area contributed by atoms with Gasteiger partial charge in [-0.3, -0.25) is 4.79 Å². The van der Waals surface area contributed by atoms with E-state index in [1.165, 1.54) is 25.7 Å². The van der Waals surface area contributed by atoms with E-state index in [9.17, 15) is 4.79 Å². The summed E-state index contributed by atoms with van der Waals surface area (Å²) in [5.41, 5.74) is 0. The highest BCUT2D eigenvalue weighted by Gasteiger charge is 2.24. The van der Waals surface area contributed by atoms with Crippen molar-refractivity contribution in [2.24, 2.45) is 0 Å². The van der Waals surface area contributed by atoms with Gasteiger partial charge in [0, 0.05) is 12.6 Å². The number of esters is 1. The van der Waals surface area contributed by atoms with Crippen LogP contribution < -0.4 is 5.32 Å². The van der Waals surface area contributed by atoms with E-state index in [4.69, 9.17) is 4.74 Å². The number of rotatable bonds is 8. The molecule has 4 nitrogen and oxygen atoms in total. The Morgan fingerprint density at radius 2 is 2.06 bits per heavy atom. The molecule has 0 heterocycles. The second-order valence-corrected chi connectivity index (χ2v) is 4.95. The Balaban J connectivity index is 2.37. The molecule has 1 aliphatic carbocycles. The fraction of sp³-hybridized carbons (Fsp3) is 0.929. The van der Waals surface area contributed by atoms with Gasteiger partial charge in [0.05, 0.1) is 6.61 Å². The Morgan fingerprint density at radius 1 is 1.39 bits per heavy atom. The lowest BCUT2D eigenvalue weighted by atomic mass is 10.1. The number of ether oxygens (including phenoxy) is 1. The minimum atomic E-state index is -0.166. The molecule has 4 heteroatoms. The monoisotopic (exact) mass is 256 g/mol. The highest BCUT2D eigenvalue weighted by atomic mass is 16.5. The number of carbonyl (C=O) groups excluding carboxylic acids is 1. The molecule has 1 fully saturated rings. The fourth-order valence-electron chi connectivity index (χ4n) is 2.79. The van der Waals surface area contributed by atoms with Crippen molar-refractivity contribution >= 4 is 5.97 Å². The van der Waals surface area contributed by atoms with Crippen molar-refractivity contribution in [1.29, 1.82) is 0 Å². The third-order valence-corrected chi connectivity index (χ3v) is 3.87. The molecule has 1 aliphatic rings. The Hall–Kier alpha value is -0.610. The summed E-state index contributed by atoms with van der Waals surface area (Å²) in [6.07, 6.45) is 6.18. The first-order chi connectivity index (χ1) is 8.72. The van der Waals surface area contributed by atoms with Gasteiger partial charge in [0.25, 0.3) is 0 Å². The van der Waals surface area contributed by atoms with Gasteiger partial charge in [-0.15, -0.1) is 0 Å². The predicted molar refractivity (Wildman–Crippen MR) is 73.6 cm³/mol. The van der Waals surface area contributed by atoms with E-state index in [1.807, 2.05) is 14.0 Å². The average molecular weight is 256 g/mol. The number of carbonyl (C=O) groups is 1. The van der Waals surface area contributed by atoms with Crippen LogP contribution >= 0.6 is 0 Å². The normalized spacial score (nSPS) is 18.2. The summed E-state index contributed by atoms with van der Waals surface area (Å²) in [4.78, 5) is 14.2. The van der Waals surface area contributed by atoms with Crippen LogP contribution in [0, 0.1) is 0 Å². The highest BCUT2D eigenvalue weighted by Crippen LogP contribution is 2.23. The quantitative estimate of drug-likeness (QED) is 0.672. The molecule has 1 unspecified atom stereocenters. The molecule has 0 spiro atoms. The van der Waals surface area contributed by atoms with Crippen LogP contribution in [-0.2, 0) is 9.53 Å².